The summed E-state index contributed by atoms with van der Waals surface area (Å²) in [5.74, 6) is -0.141. The van der Waals surface area contributed by atoms with Gasteiger partial charge in [0.05, 0.1) is 4.88 Å². The first kappa shape index (κ1) is 22.6. The van der Waals surface area contributed by atoms with Crippen molar-refractivity contribution in [1.82, 2.24) is 15.1 Å². The van der Waals surface area contributed by atoms with E-state index in [1.54, 1.807) is 29.5 Å². The molecule has 0 unspecified atom stereocenters. The van der Waals surface area contributed by atoms with Gasteiger partial charge in [-0.1, -0.05) is 18.2 Å². The molecule has 1 N–H and O–H groups in total. The molecule has 0 radical (unpaired) electrons. The lowest BCUT2D eigenvalue weighted by Crippen LogP contribution is -2.48. The Morgan fingerprint density at radius 2 is 1.88 bits per heavy atom. The summed E-state index contributed by atoms with van der Waals surface area (Å²) in [6, 6.07) is 14.5. The summed E-state index contributed by atoms with van der Waals surface area (Å²) in [5.41, 5.74) is 0.906. The van der Waals surface area contributed by atoms with Gasteiger partial charge >= 0.3 is 0 Å². The van der Waals surface area contributed by atoms with Crippen LogP contribution in [-0.2, 0) is 11.3 Å². The molecule has 0 bridgehead atoms. The first-order valence-electron chi connectivity index (χ1n) is 10.7. The molecule has 0 aliphatic carbocycles. The number of halogens is 1. The zero-order valence-corrected chi connectivity index (χ0v) is 19.4. The van der Waals surface area contributed by atoms with Crippen LogP contribution >= 0.6 is 22.7 Å². The van der Waals surface area contributed by atoms with Gasteiger partial charge in [0.15, 0.2) is 0 Å². The van der Waals surface area contributed by atoms with Crippen molar-refractivity contribution in [3.8, 4) is 10.4 Å². The summed E-state index contributed by atoms with van der Waals surface area (Å²) in [6.45, 7) is 4.48. The summed E-state index contributed by atoms with van der Waals surface area (Å²) in [6.07, 6.45) is 1.10. The summed E-state index contributed by atoms with van der Waals surface area (Å²) in [5, 5.41) is 4.74. The minimum absolute atomic E-state index is 0.0739. The van der Waals surface area contributed by atoms with Crippen molar-refractivity contribution in [3.63, 3.8) is 0 Å². The Balaban J connectivity index is 1.16. The molecule has 0 saturated carbocycles. The quantitative estimate of drug-likeness (QED) is 0.493. The van der Waals surface area contributed by atoms with E-state index in [1.165, 1.54) is 22.3 Å². The topological polar surface area (TPSA) is 52.7 Å². The van der Waals surface area contributed by atoms with Gasteiger partial charge in [0.25, 0.3) is 5.91 Å². The zero-order chi connectivity index (χ0) is 22.3. The Morgan fingerprint density at radius 1 is 1.03 bits per heavy atom. The van der Waals surface area contributed by atoms with E-state index in [-0.39, 0.29) is 17.6 Å². The normalized spacial score (nSPS) is 14.5. The Morgan fingerprint density at radius 3 is 2.62 bits per heavy atom. The van der Waals surface area contributed by atoms with Crippen molar-refractivity contribution in [2.45, 2.75) is 19.4 Å². The van der Waals surface area contributed by atoms with Gasteiger partial charge in [-0.2, -0.15) is 0 Å². The van der Waals surface area contributed by atoms with E-state index < -0.39 is 0 Å². The maximum atomic E-state index is 13.5. The summed E-state index contributed by atoms with van der Waals surface area (Å²) < 4.78 is 13.5. The van der Waals surface area contributed by atoms with E-state index >= 15 is 0 Å². The Kier molecular flexibility index (Phi) is 7.68. The van der Waals surface area contributed by atoms with Crippen LogP contribution in [0, 0.1) is 5.82 Å². The van der Waals surface area contributed by atoms with Crippen LogP contribution in [0.2, 0.25) is 0 Å². The van der Waals surface area contributed by atoms with Crippen molar-refractivity contribution in [2.75, 3.05) is 32.7 Å². The number of thiophene rings is 2. The molecule has 168 valence electrons. The molecule has 8 heteroatoms. The fourth-order valence-corrected chi connectivity index (χ4v) is 5.42. The maximum Gasteiger partial charge on any atom is 0.261 e. The number of carbonyl (C=O) groups is 2. The number of nitrogens with one attached hydrogen (secondary N) is 1. The molecule has 1 aliphatic heterocycles. The number of hydrogen-bond acceptors (Lipinski definition) is 5. The van der Waals surface area contributed by atoms with Crippen molar-refractivity contribution in [3.05, 3.63) is 69.5 Å². The van der Waals surface area contributed by atoms with E-state index in [2.05, 4.69) is 16.3 Å². The lowest BCUT2D eigenvalue weighted by Gasteiger charge is -2.34. The van der Waals surface area contributed by atoms with Gasteiger partial charge in [-0.15, -0.1) is 22.7 Å². The van der Waals surface area contributed by atoms with Gasteiger partial charge in [0.2, 0.25) is 5.91 Å². The minimum Gasteiger partial charge on any atom is -0.351 e. The second kappa shape index (κ2) is 10.8. The highest BCUT2D eigenvalue weighted by molar-refractivity contribution is 7.15. The SMILES string of the molecule is O=C(NCCCC(=O)N1CCN(Cc2ccc(-c3cccc(F)c3)s2)CC1)c1cccs1. The molecule has 2 amide bonds. The van der Waals surface area contributed by atoms with E-state index in [9.17, 15) is 14.0 Å². The second-order valence-electron chi connectivity index (χ2n) is 7.77. The number of amides is 2. The van der Waals surface area contributed by atoms with Gasteiger partial charge < -0.3 is 10.2 Å². The van der Waals surface area contributed by atoms with Crippen LogP contribution in [0.15, 0.2) is 53.9 Å². The van der Waals surface area contributed by atoms with Crippen LogP contribution in [0.25, 0.3) is 10.4 Å². The fourth-order valence-electron chi connectivity index (χ4n) is 3.73. The lowest BCUT2D eigenvalue weighted by atomic mass is 10.2. The standard InChI is InChI=1S/C24H26FN3O2S2/c25-19-5-1-4-18(16-19)21-9-8-20(32-21)17-27-11-13-28(14-12-27)23(29)7-2-10-26-24(30)22-6-3-15-31-22/h1,3-6,8-9,15-16H,2,7,10-14,17H2,(H,26,30). The number of carbonyl (C=O) groups excluding carboxylic acids is 2. The Hall–Kier alpha value is -2.55. The molecule has 1 aromatic carbocycles. The maximum absolute atomic E-state index is 13.5. The molecule has 1 aliphatic rings. The van der Waals surface area contributed by atoms with Crippen LogP contribution in [0.3, 0.4) is 0 Å². The van der Waals surface area contributed by atoms with Gasteiger partial charge in [-0.05, 0) is 47.7 Å². The molecular formula is C24H26FN3O2S2. The van der Waals surface area contributed by atoms with Gasteiger partial charge in [0, 0.05) is 55.4 Å². The molecule has 32 heavy (non-hydrogen) atoms. The molecule has 3 heterocycles. The highest BCUT2D eigenvalue weighted by Gasteiger charge is 2.21. The summed E-state index contributed by atoms with van der Waals surface area (Å²) in [7, 11) is 0. The first-order chi connectivity index (χ1) is 15.6. The number of piperazine rings is 1. The van der Waals surface area contributed by atoms with Crippen LogP contribution in [0.4, 0.5) is 4.39 Å². The first-order valence-corrected chi connectivity index (χ1v) is 12.4. The average Bonchev–Trinajstić information content (AvgIpc) is 3.49. The molecule has 1 saturated heterocycles. The predicted molar refractivity (Wildman–Crippen MR) is 127 cm³/mol. The number of nitrogens with zero attached hydrogens (tertiary/aromatic N) is 2. The molecule has 1 fully saturated rings. The number of hydrogen-bond donors (Lipinski definition) is 1. The second-order valence-corrected chi connectivity index (χ2v) is 9.89. The molecule has 4 rings (SSSR count). The van der Waals surface area contributed by atoms with Crippen LogP contribution in [0.5, 0.6) is 0 Å². The van der Waals surface area contributed by atoms with E-state index in [0.29, 0.717) is 24.3 Å². The zero-order valence-electron chi connectivity index (χ0n) is 17.8. The van der Waals surface area contributed by atoms with Crippen LogP contribution < -0.4 is 5.32 Å². The minimum atomic E-state index is -0.219. The molecule has 3 aromatic rings. The van der Waals surface area contributed by atoms with Crippen molar-refractivity contribution in [1.29, 1.82) is 0 Å². The van der Waals surface area contributed by atoms with Gasteiger partial charge in [-0.25, -0.2) is 4.39 Å². The fraction of sp³-hybridized carbons (Fsp3) is 0.333. The van der Waals surface area contributed by atoms with Crippen molar-refractivity contribution >= 4 is 34.5 Å². The third kappa shape index (κ3) is 6.03. The third-order valence-electron chi connectivity index (χ3n) is 5.47. The lowest BCUT2D eigenvalue weighted by molar-refractivity contribution is -0.133. The average molecular weight is 472 g/mol. The predicted octanol–water partition coefficient (Wildman–Crippen LogP) is 4.47. The molecule has 5 nitrogen and oxygen atoms in total. The van der Waals surface area contributed by atoms with Crippen molar-refractivity contribution in [2.24, 2.45) is 0 Å². The summed E-state index contributed by atoms with van der Waals surface area (Å²) in [4.78, 5) is 31.7. The van der Waals surface area contributed by atoms with E-state index in [0.717, 1.165) is 43.2 Å². The molecular weight excluding hydrogens is 445 g/mol. The summed E-state index contributed by atoms with van der Waals surface area (Å²) >= 11 is 3.10. The Bertz CT molecular complexity index is 1040. The van der Waals surface area contributed by atoms with Crippen LogP contribution in [0.1, 0.15) is 27.4 Å². The van der Waals surface area contributed by atoms with Gasteiger partial charge in [-0.3, -0.25) is 14.5 Å². The van der Waals surface area contributed by atoms with E-state index in [4.69, 9.17) is 0 Å². The molecule has 0 atom stereocenters. The monoisotopic (exact) mass is 471 g/mol. The number of benzene rings is 1. The highest BCUT2D eigenvalue weighted by Crippen LogP contribution is 2.29. The number of rotatable bonds is 8. The largest absolute Gasteiger partial charge is 0.351 e. The highest BCUT2D eigenvalue weighted by atomic mass is 32.1. The van der Waals surface area contributed by atoms with Gasteiger partial charge in [0.1, 0.15) is 5.82 Å². The molecule has 2 aromatic heterocycles. The van der Waals surface area contributed by atoms with Crippen LogP contribution in [-0.4, -0.2) is 54.3 Å². The third-order valence-corrected chi connectivity index (χ3v) is 7.46. The smallest absolute Gasteiger partial charge is 0.261 e. The van der Waals surface area contributed by atoms with Crippen molar-refractivity contribution < 1.29 is 14.0 Å². The Labute approximate surface area is 195 Å². The van der Waals surface area contributed by atoms with E-state index in [1.807, 2.05) is 28.5 Å². The molecule has 0 spiro atoms.